The lowest BCUT2D eigenvalue weighted by Crippen LogP contribution is -2.37. The van der Waals surface area contributed by atoms with Crippen LogP contribution in [0.15, 0.2) is 0 Å². The first-order valence-corrected chi connectivity index (χ1v) is 15.9. The van der Waals surface area contributed by atoms with Crippen LogP contribution in [0.2, 0.25) is 0 Å². The van der Waals surface area contributed by atoms with Crippen molar-refractivity contribution in [3.05, 3.63) is 0 Å². The standard InChI is InChI=1S/C27H56NO8P/c1-5-6-7-8-9-10-11-12-13-14-15-16-17-18-21-33-24-26(34-22-19-27(29)30)25-36-37(31,32)35-23-20-28(2,3)4/h26H,5-25H2,1-4H3,(H-,29,30,31,32)/p+1/t26-/m1/s1. The Hall–Kier alpha value is -0.540. The van der Waals surface area contributed by atoms with Crippen molar-refractivity contribution < 1.29 is 42.4 Å². The van der Waals surface area contributed by atoms with Gasteiger partial charge >= 0.3 is 13.8 Å². The number of rotatable bonds is 28. The molecular weight excluding hydrogens is 497 g/mol. The number of phosphoric acid groups is 1. The Bertz CT molecular complexity index is 585. The van der Waals surface area contributed by atoms with Gasteiger partial charge in [0, 0.05) is 6.61 Å². The lowest BCUT2D eigenvalue weighted by atomic mass is 10.0. The number of likely N-dealkylation sites (N-methyl/N-ethyl adjacent to an activating group) is 1. The predicted octanol–water partition coefficient (Wildman–Crippen LogP) is 6.18. The molecule has 0 saturated carbocycles. The SMILES string of the molecule is CCCCCCCCCCCCCCCCOC[C@H](COP(=O)(O)OCC[N+](C)(C)C)OCCC(=O)O. The quantitative estimate of drug-likeness (QED) is 0.0670. The summed E-state index contributed by atoms with van der Waals surface area (Å²) in [5.74, 6) is -0.973. The summed E-state index contributed by atoms with van der Waals surface area (Å²) in [5, 5.41) is 8.82. The van der Waals surface area contributed by atoms with Gasteiger partial charge in [-0.15, -0.1) is 0 Å². The zero-order chi connectivity index (χ0) is 27.8. The molecule has 0 aromatic rings. The topological polar surface area (TPSA) is 112 Å². The van der Waals surface area contributed by atoms with Gasteiger partial charge in [-0.05, 0) is 6.42 Å². The number of hydrogen-bond acceptors (Lipinski definition) is 6. The van der Waals surface area contributed by atoms with E-state index in [2.05, 4.69) is 6.92 Å². The zero-order valence-electron chi connectivity index (χ0n) is 24.2. The van der Waals surface area contributed by atoms with E-state index >= 15 is 0 Å². The van der Waals surface area contributed by atoms with Gasteiger partial charge in [-0.1, -0.05) is 90.4 Å². The number of carboxylic acid groups (broad SMARTS) is 1. The molecule has 0 aromatic heterocycles. The highest BCUT2D eigenvalue weighted by Gasteiger charge is 2.25. The number of unbranched alkanes of at least 4 members (excludes halogenated alkanes) is 13. The highest BCUT2D eigenvalue weighted by Crippen LogP contribution is 2.43. The van der Waals surface area contributed by atoms with Gasteiger partial charge < -0.3 is 24.0 Å². The Labute approximate surface area is 226 Å². The van der Waals surface area contributed by atoms with Crippen molar-refractivity contribution >= 4 is 13.8 Å². The summed E-state index contributed by atoms with van der Waals surface area (Å²) in [4.78, 5) is 20.7. The number of carboxylic acids is 1. The molecule has 0 fully saturated rings. The molecule has 2 N–H and O–H groups in total. The van der Waals surface area contributed by atoms with Gasteiger partial charge in [0.15, 0.2) is 0 Å². The van der Waals surface area contributed by atoms with E-state index in [4.69, 9.17) is 23.6 Å². The van der Waals surface area contributed by atoms with Crippen LogP contribution in [0.3, 0.4) is 0 Å². The lowest BCUT2D eigenvalue weighted by Gasteiger charge is -2.24. The fraction of sp³-hybridized carbons (Fsp3) is 0.963. The fourth-order valence-corrected chi connectivity index (χ4v) is 4.46. The highest BCUT2D eigenvalue weighted by molar-refractivity contribution is 7.47. The first-order valence-electron chi connectivity index (χ1n) is 14.4. The van der Waals surface area contributed by atoms with Crippen LogP contribution in [0, 0.1) is 0 Å². The summed E-state index contributed by atoms with van der Waals surface area (Å²) < 4.78 is 34.0. The second kappa shape index (κ2) is 23.4. The molecule has 2 atom stereocenters. The van der Waals surface area contributed by atoms with Crippen LogP contribution >= 0.6 is 7.82 Å². The van der Waals surface area contributed by atoms with Crippen LogP contribution in [-0.2, 0) is 27.9 Å². The lowest BCUT2D eigenvalue weighted by molar-refractivity contribution is -0.870. The van der Waals surface area contributed by atoms with E-state index < -0.39 is 19.9 Å². The maximum Gasteiger partial charge on any atom is 0.472 e. The average Bonchev–Trinajstić information content (AvgIpc) is 2.80. The second-order valence-electron chi connectivity index (χ2n) is 10.9. The Morgan fingerprint density at radius 1 is 0.757 bits per heavy atom. The Balaban J connectivity index is 3.92. The van der Waals surface area contributed by atoms with E-state index in [9.17, 15) is 14.3 Å². The van der Waals surface area contributed by atoms with Gasteiger partial charge in [0.25, 0.3) is 0 Å². The van der Waals surface area contributed by atoms with Crippen molar-refractivity contribution in [2.75, 3.05) is 60.7 Å². The molecule has 222 valence electrons. The molecule has 0 saturated heterocycles. The van der Waals surface area contributed by atoms with Crippen molar-refractivity contribution in [3.8, 4) is 0 Å². The largest absolute Gasteiger partial charge is 0.481 e. The third-order valence-electron chi connectivity index (χ3n) is 6.06. The normalized spacial score (nSPS) is 14.5. The Kier molecular flexibility index (Phi) is 23.0. The van der Waals surface area contributed by atoms with Crippen LogP contribution in [-0.4, -0.2) is 87.3 Å². The molecule has 0 aromatic carbocycles. The number of aliphatic carboxylic acids is 1. The minimum atomic E-state index is -4.22. The van der Waals surface area contributed by atoms with E-state index in [1.165, 1.54) is 77.0 Å². The van der Waals surface area contributed by atoms with E-state index in [1.807, 2.05) is 21.1 Å². The van der Waals surface area contributed by atoms with Gasteiger partial charge in [0.2, 0.25) is 0 Å². The third-order valence-corrected chi connectivity index (χ3v) is 7.04. The number of nitrogens with zero attached hydrogens (tertiary/aromatic N) is 1. The third kappa shape index (κ3) is 28.3. The second-order valence-corrected chi connectivity index (χ2v) is 12.4. The Morgan fingerprint density at radius 3 is 1.76 bits per heavy atom. The molecule has 0 aliphatic rings. The van der Waals surface area contributed by atoms with Crippen LogP contribution in [0.25, 0.3) is 0 Å². The maximum absolute atomic E-state index is 12.1. The molecule has 0 amide bonds. The van der Waals surface area contributed by atoms with Crippen molar-refractivity contribution in [1.29, 1.82) is 0 Å². The molecule has 0 heterocycles. The van der Waals surface area contributed by atoms with E-state index in [1.54, 1.807) is 0 Å². The molecule has 0 aliphatic heterocycles. The van der Waals surface area contributed by atoms with Crippen LogP contribution in [0.4, 0.5) is 0 Å². The van der Waals surface area contributed by atoms with Gasteiger partial charge in [-0.25, -0.2) is 4.57 Å². The number of ether oxygens (including phenoxy) is 2. The molecule has 1 unspecified atom stereocenters. The zero-order valence-corrected chi connectivity index (χ0v) is 25.1. The minimum absolute atomic E-state index is 0.0241. The number of quaternary nitrogens is 1. The summed E-state index contributed by atoms with van der Waals surface area (Å²) in [6.45, 7) is 3.38. The van der Waals surface area contributed by atoms with Gasteiger partial charge in [0.05, 0.1) is 47.4 Å². The summed E-state index contributed by atoms with van der Waals surface area (Å²) in [5.41, 5.74) is 0. The first-order chi connectivity index (χ1) is 17.6. The monoisotopic (exact) mass is 554 g/mol. The predicted molar refractivity (Wildman–Crippen MR) is 148 cm³/mol. The molecule has 0 aliphatic carbocycles. The number of carbonyl (C=O) groups is 1. The van der Waals surface area contributed by atoms with E-state index in [0.29, 0.717) is 17.6 Å². The summed E-state index contributed by atoms with van der Waals surface area (Å²) >= 11 is 0. The maximum atomic E-state index is 12.1. The smallest absolute Gasteiger partial charge is 0.472 e. The molecule has 10 heteroatoms. The summed E-state index contributed by atoms with van der Waals surface area (Å²) in [7, 11) is 1.64. The first kappa shape index (κ1) is 36.5. The summed E-state index contributed by atoms with van der Waals surface area (Å²) in [6.07, 6.45) is 17.3. The molecule has 0 bridgehead atoms. The highest BCUT2D eigenvalue weighted by atomic mass is 31.2. The number of phosphoric ester groups is 1. The molecular formula is C27H57NO8P+. The van der Waals surface area contributed by atoms with E-state index in [0.717, 1.165) is 12.8 Å². The molecule has 0 radical (unpaired) electrons. The minimum Gasteiger partial charge on any atom is -0.481 e. The summed E-state index contributed by atoms with van der Waals surface area (Å²) in [6, 6.07) is 0. The fourth-order valence-electron chi connectivity index (χ4n) is 3.72. The molecule has 0 spiro atoms. The van der Waals surface area contributed by atoms with Crippen molar-refractivity contribution in [3.63, 3.8) is 0 Å². The van der Waals surface area contributed by atoms with Crippen LogP contribution in [0.1, 0.15) is 103 Å². The van der Waals surface area contributed by atoms with Gasteiger partial charge in [0.1, 0.15) is 19.3 Å². The Morgan fingerprint density at radius 2 is 1.27 bits per heavy atom. The molecule has 37 heavy (non-hydrogen) atoms. The average molecular weight is 555 g/mol. The van der Waals surface area contributed by atoms with Crippen molar-refractivity contribution in [1.82, 2.24) is 0 Å². The molecule has 9 nitrogen and oxygen atoms in total. The van der Waals surface area contributed by atoms with Crippen LogP contribution < -0.4 is 0 Å². The van der Waals surface area contributed by atoms with Crippen LogP contribution in [0.5, 0.6) is 0 Å². The van der Waals surface area contributed by atoms with Gasteiger partial charge in [-0.2, -0.15) is 0 Å². The van der Waals surface area contributed by atoms with Gasteiger partial charge in [-0.3, -0.25) is 13.8 Å². The number of hydrogen-bond donors (Lipinski definition) is 2. The van der Waals surface area contributed by atoms with Crippen molar-refractivity contribution in [2.24, 2.45) is 0 Å². The molecule has 0 rings (SSSR count). The van der Waals surface area contributed by atoms with Crippen molar-refractivity contribution in [2.45, 2.75) is 109 Å². The van der Waals surface area contributed by atoms with E-state index in [-0.39, 0.29) is 32.8 Å².